The van der Waals surface area contributed by atoms with E-state index in [1.165, 1.54) is 0 Å². The highest BCUT2D eigenvalue weighted by molar-refractivity contribution is 7.99. The highest BCUT2D eigenvalue weighted by Crippen LogP contribution is 2.33. The quantitative estimate of drug-likeness (QED) is 0.424. The molecule has 2 aliphatic rings. The van der Waals surface area contributed by atoms with Crippen molar-refractivity contribution in [1.29, 1.82) is 0 Å². The van der Waals surface area contributed by atoms with Crippen LogP contribution in [0.25, 0.3) is 0 Å². The largest absolute Gasteiger partial charge is 0.394 e. The topological polar surface area (TPSA) is 57.2 Å². The Hall–Kier alpha value is 1.01. The molecule has 118 valence electrons. The van der Waals surface area contributed by atoms with E-state index in [-0.39, 0.29) is 36.6 Å². The molecule has 2 aliphatic heterocycles. The summed E-state index contributed by atoms with van der Waals surface area (Å²) >= 11 is 1.69. The number of ether oxygens (including phenoxy) is 4. The number of thioether (sulfide) groups is 1. The van der Waals surface area contributed by atoms with Crippen molar-refractivity contribution in [2.24, 2.45) is 0 Å². The fourth-order valence-electron chi connectivity index (χ4n) is 2.53. The second kappa shape index (κ2) is 8.59. The zero-order valence-electron chi connectivity index (χ0n) is 11.6. The average molecular weight is 342 g/mol. The van der Waals surface area contributed by atoms with Gasteiger partial charge in [-0.1, -0.05) is 0 Å². The van der Waals surface area contributed by atoms with Crippen LogP contribution in [0.5, 0.6) is 0 Å². The average Bonchev–Trinajstić information content (AvgIpc) is 2.97. The van der Waals surface area contributed by atoms with Gasteiger partial charge in [0, 0.05) is 18.8 Å². The molecule has 0 aromatic rings. The monoisotopic (exact) mass is 342 g/mol. The number of hydrogen-bond acceptors (Lipinski definition) is 6. The predicted molar refractivity (Wildman–Crippen MR) is 86.1 cm³/mol. The van der Waals surface area contributed by atoms with Crippen LogP contribution < -0.4 is 0 Å². The van der Waals surface area contributed by atoms with Gasteiger partial charge in [0.2, 0.25) is 0 Å². The minimum absolute atomic E-state index is 0.00560. The van der Waals surface area contributed by atoms with Crippen LogP contribution in [0, 0.1) is 0 Å². The Morgan fingerprint density at radius 2 is 1.90 bits per heavy atom. The number of aliphatic hydroxyl groups excluding tert-OH is 1. The zero-order valence-corrected chi connectivity index (χ0v) is 14.8. The van der Waals surface area contributed by atoms with E-state index >= 15 is 0 Å². The molecule has 0 aliphatic carbocycles. The minimum Gasteiger partial charge on any atom is -0.394 e. The van der Waals surface area contributed by atoms with Crippen LogP contribution in [-0.2, 0) is 18.9 Å². The van der Waals surface area contributed by atoms with Crippen LogP contribution in [0.4, 0.5) is 0 Å². The SMILES string of the molecule is COC1C[C@H](P)O[C@@H]1COCSC1C[C@H](P)O[C@@H]1CO. The molecule has 0 aromatic carbocycles. The molecule has 0 spiro atoms. The van der Waals surface area contributed by atoms with Gasteiger partial charge >= 0.3 is 0 Å². The molecule has 0 radical (unpaired) electrons. The Morgan fingerprint density at radius 3 is 2.60 bits per heavy atom. The van der Waals surface area contributed by atoms with Crippen LogP contribution in [-0.4, -0.2) is 66.6 Å². The van der Waals surface area contributed by atoms with E-state index in [9.17, 15) is 5.11 Å². The first-order valence-electron chi connectivity index (χ1n) is 6.79. The van der Waals surface area contributed by atoms with E-state index in [4.69, 9.17) is 18.9 Å². The number of methoxy groups -OCH3 is 1. The Bertz CT molecular complexity index is 271. The number of aliphatic hydroxyl groups is 1. The van der Waals surface area contributed by atoms with Gasteiger partial charge in [-0.25, -0.2) is 0 Å². The summed E-state index contributed by atoms with van der Waals surface area (Å²) in [5, 5.41) is 9.54. The first-order valence-corrected chi connectivity index (χ1v) is 9.17. The van der Waals surface area contributed by atoms with E-state index in [1.807, 2.05) is 0 Å². The van der Waals surface area contributed by atoms with E-state index in [1.54, 1.807) is 18.9 Å². The lowest BCUT2D eigenvalue weighted by Crippen LogP contribution is -2.28. The van der Waals surface area contributed by atoms with Crippen molar-refractivity contribution in [3.63, 3.8) is 0 Å². The second-order valence-corrected chi connectivity index (χ2v) is 7.71. The molecule has 0 saturated carbocycles. The van der Waals surface area contributed by atoms with Gasteiger partial charge in [0.25, 0.3) is 0 Å². The molecule has 2 rings (SSSR count). The molecule has 4 unspecified atom stereocenters. The summed E-state index contributed by atoms with van der Waals surface area (Å²) in [7, 11) is 7.03. The second-order valence-electron chi connectivity index (χ2n) is 5.05. The zero-order chi connectivity index (χ0) is 14.5. The van der Waals surface area contributed by atoms with Gasteiger partial charge in [-0.05, 0) is 6.42 Å². The maximum absolute atomic E-state index is 9.25. The van der Waals surface area contributed by atoms with Gasteiger partial charge in [0.1, 0.15) is 6.10 Å². The van der Waals surface area contributed by atoms with E-state index < -0.39 is 0 Å². The van der Waals surface area contributed by atoms with Gasteiger partial charge < -0.3 is 24.1 Å². The number of rotatable bonds is 7. The summed E-state index contributed by atoms with van der Waals surface area (Å²) < 4.78 is 22.4. The molecule has 0 bridgehead atoms. The molecular formula is C12H24O5P2S. The highest BCUT2D eigenvalue weighted by atomic mass is 32.2. The molecule has 1 N–H and O–H groups in total. The van der Waals surface area contributed by atoms with Crippen LogP contribution in [0.1, 0.15) is 12.8 Å². The molecule has 20 heavy (non-hydrogen) atoms. The summed E-state index contributed by atoms with van der Waals surface area (Å²) in [5.74, 6) is 0.874. The summed E-state index contributed by atoms with van der Waals surface area (Å²) in [5.41, 5.74) is 0. The molecule has 2 saturated heterocycles. The van der Waals surface area contributed by atoms with Crippen molar-refractivity contribution in [2.45, 2.75) is 48.1 Å². The Kier molecular flexibility index (Phi) is 7.46. The van der Waals surface area contributed by atoms with Crippen molar-refractivity contribution < 1.29 is 24.1 Å². The third-order valence-electron chi connectivity index (χ3n) is 3.59. The van der Waals surface area contributed by atoms with Crippen LogP contribution >= 0.6 is 30.2 Å². The lowest BCUT2D eigenvalue weighted by Gasteiger charge is -2.19. The normalized spacial score (nSPS) is 41.4. The van der Waals surface area contributed by atoms with E-state index in [0.717, 1.165) is 12.8 Å². The molecule has 2 heterocycles. The first kappa shape index (κ1) is 17.4. The van der Waals surface area contributed by atoms with Gasteiger partial charge in [-0.3, -0.25) is 0 Å². The molecule has 2 fully saturated rings. The third kappa shape index (κ3) is 4.76. The van der Waals surface area contributed by atoms with Gasteiger partial charge in [0.15, 0.2) is 0 Å². The van der Waals surface area contributed by atoms with Crippen LogP contribution in [0.3, 0.4) is 0 Å². The molecular weight excluding hydrogens is 318 g/mol. The van der Waals surface area contributed by atoms with Gasteiger partial charge in [-0.15, -0.1) is 30.2 Å². The van der Waals surface area contributed by atoms with E-state index in [2.05, 4.69) is 18.5 Å². The van der Waals surface area contributed by atoms with Crippen LogP contribution in [0.2, 0.25) is 0 Å². The van der Waals surface area contributed by atoms with Crippen molar-refractivity contribution in [2.75, 3.05) is 26.3 Å². The predicted octanol–water partition coefficient (Wildman–Crippen LogP) is 1.05. The minimum atomic E-state index is -0.0861. The first-order chi connectivity index (χ1) is 9.63. The van der Waals surface area contributed by atoms with Crippen molar-refractivity contribution in [3.8, 4) is 0 Å². The Balaban J connectivity index is 1.64. The summed E-state index contributed by atoms with van der Waals surface area (Å²) in [6, 6.07) is 0. The maximum Gasteiger partial charge on any atom is 0.108 e. The number of hydrogen-bond donors (Lipinski definition) is 1. The third-order valence-corrected chi connectivity index (χ3v) is 5.67. The lowest BCUT2D eigenvalue weighted by atomic mass is 10.2. The Labute approximate surface area is 129 Å². The van der Waals surface area contributed by atoms with Gasteiger partial charge in [0.05, 0.1) is 43.1 Å². The highest BCUT2D eigenvalue weighted by Gasteiger charge is 2.34. The fourth-order valence-corrected chi connectivity index (χ4v) is 4.75. The Morgan fingerprint density at radius 1 is 1.20 bits per heavy atom. The van der Waals surface area contributed by atoms with E-state index in [0.29, 0.717) is 17.8 Å². The van der Waals surface area contributed by atoms with Crippen molar-refractivity contribution in [3.05, 3.63) is 0 Å². The smallest absolute Gasteiger partial charge is 0.108 e. The van der Waals surface area contributed by atoms with Crippen molar-refractivity contribution >= 4 is 30.2 Å². The fraction of sp³-hybridized carbons (Fsp3) is 1.00. The van der Waals surface area contributed by atoms with Crippen LogP contribution in [0.15, 0.2) is 0 Å². The summed E-state index contributed by atoms with van der Waals surface area (Å²) in [4.78, 5) is 0. The van der Waals surface area contributed by atoms with Crippen molar-refractivity contribution in [1.82, 2.24) is 0 Å². The maximum atomic E-state index is 9.25. The molecule has 0 amide bonds. The van der Waals surface area contributed by atoms with Gasteiger partial charge in [-0.2, -0.15) is 0 Å². The summed E-state index contributed by atoms with van der Waals surface area (Å²) in [6.45, 7) is 0.604. The lowest BCUT2D eigenvalue weighted by molar-refractivity contribution is -0.0332. The molecule has 8 atom stereocenters. The molecule has 0 aromatic heterocycles. The standard InChI is InChI=1S/C12H24O5P2S/c1-14-7-2-11(18)17-9(7)5-15-6-20-10-3-12(19)16-8(10)4-13/h7-13H,2-6,18-19H2,1H3/t7?,8-,9-,10?,11+,12+/m1/s1. The molecule has 5 nitrogen and oxygen atoms in total. The summed E-state index contributed by atoms with van der Waals surface area (Å²) in [6.07, 6.45) is 1.85. The molecule has 8 heteroatoms.